The van der Waals surface area contributed by atoms with Gasteiger partial charge < -0.3 is 18.7 Å². The van der Waals surface area contributed by atoms with Crippen molar-refractivity contribution in [1.82, 2.24) is 5.16 Å². The van der Waals surface area contributed by atoms with Crippen molar-refractivity contribution in [2.45, 2.75) is 6.61 Å². The molecule has 0 atom stereocenters. The summed E-state index contributed by atoms with van der Waals surface area (Å²) in [5.41, 5.74) is 1.27. The first-order chi connectivity index (χ1) is 12.6. The Hall–Kier alpha value is -1.67. The molecule has 0 radical (unpaired) electrons. The summed E-state index contributed by atoms with van der Waals surface area (Å²) in [6, 6.07) is 7.76. The molecular weight excluding hydrogens is 402 g/mol. The minimum atomic E-state index is -0.539. The average Bonchev–Trinajstić information content (AvgIpc) is 3.01. The molecule has 0 saturated heterocycles. The molecule has 0 fully saturated rings. The molecule has 1 aromatic heterocycles. The molecular formula is C17H15Cl2FN2O3S. The van der Waals surface area contributed by atoms with Crippen molar-refractivity contribution < 1.29 is 18.4 Å². The van der Waals surface area contributed by atoms with E-state index in [1.165, 1.54) is 24.1 Å². The lowest BCUT2D eigenvalue weighted by atomic mass is 10.2. The molecule has 0 saturated carbocycles. The van der Waals surface area contributed by atoms with Crippen LogP contribution in [0.2, 0.25) is 10.0 Å². The molecule has 138 valence electrons. The van der Waals surface area contributed by atoms with E-state index in [-0.39, 0.29) is 11.6 Å². The van der Waals surface area contributed by atoms with Crippen molar-refractivity contribution in [2.75, 3.05) is 24.2 Å². The number of benzene rings is 2. The Bertz CT molecular complexity index is 907. The normalized spacial score (nSPS) is 11.1. The van der Waals surface area contributed by atoms with Crippen molar-refractivity contribution >= 4 is 51.9 Å². The van der Waals surface area contributed by atoms with E-state index in [0.29, 0.717) is 34.3 Å². The summed E-state index contributed by atoms with van der Waals surface area (Å²) in [6.45, 7) is 0.781. The monoisotopic (exact) mass is 416 g/mol. The Labute approximate surface area is 163 Å². The Morgan fingerprint density at radius 1 is 1.23 bits per heavy atom. The molecule has 1 heterocycles. The summed E-state index contributed by atoms with van der Waals surface area (Å²) in [4.78, 5) is 0. The highest BCUT2D eigenvalue weighted by Crippen LogP contribution is 2.31. The smallest absolute Gasteiger partial charge is 0.187 e. The zero-order valence-electron chi connectivity index (χ0n) is 13.7. The molecule has 0 amide bonds. The van der Waals surface area contributed by atoms with Gasteiger partial charge in [0, 0.05) is 29.5 Å². The third-order valence-corrected chi connectivity index (χ3v) is 4.85. The van der Waals surface area contributed by atoms with Crippen LogP contribution < -0.4 is 9.46 Å². The number of anilines is 1. The van der Waals surface area contributed by atoms with Crippen LogP contribution in [0.1, 0.15) is 5.56 Å². The van der Waals surface area contributed by atoms with E-state index in [4.69, 9.17) is 37.2 Å². The summed E-state index contributed by atoms with van der Waals surface area (Å²) in [6.07, 6.45) is 0. The third-order valence-electron chi connectivity index (χ3n) is 3.48. The molecule has 0 aliphatic rings. The maximum atomic E-state index is 13.5. The van der Waals surface area contributed by atoms with Crippen LogP contribution in [-0.2, 0) is 11.3 Å². The lowest BCUT2D eigenvalue weighted by molar-refractivity contribution is 0.219. The summed E-state index contributed by atoms with van der Waals surface area (Å²) in [5, 5.41) is 5.31. The summed E-state index contributed by atoms with van der Waals surface area (Å²) in [7, 11) is 1.65. The van der Waals surface area contributed by atoms with Gasteiger partial charge in [-0.25, -0.2) is 4.39 Å². The number of fused-ring (bicyclic) bond motifs is 1. The Morgan fingerprint density at radius 3 is 2.85 bits per heavy atom. The highest BCUT2D eigenvalue weighted by atomic mass is 35.5. The van der Waals surface area contributed by atoms with Crippen molar-refractivity contribution in [1.29, 1.82) is 0 Å². The van der Waals surface area contributed by atoms with Gasteiger partial charge in [-0.3, -0.25) is 0 Å². The fraction of sp³-hybridized carbons (Fsp3) is 0.235. The Balaban J connectivity index is 1.71. The van der Waals surface area contributed by atoms with Crippen molar-refractivity contribution in [3.63, 3.8) is 0 Å². The lowest BCUT2D eigenvalue weighted by Gasteiger charge is -2.08. The van der Waals surface area contributed by atoms with Gasteiger partial charge in [0.1, 0.15) is 18.2 Å². The predicted octanol–water partition coefficient (Wildman–Crippen LogP) is 5.56. The molecule has 0 bridgehead atoms. The summed E-state index contributed by atoms with van der Waals surface area (Å²) in [5.74, 6) is 1.18. The number of hydrogen-bond acceptors (Lipinski definition) is 6. The van der Waals surface area contributed by atoms with Gasteiger partial charge in [0.25, 0.3) is 0 Å². The SMILES string of the molecule is COCCSNc1noc2cc(COc3ccc(Cl)c(F)c3)c(Cl)cc12. The van der Waals surface area contributed by atoms with E-state index in [2.05, 4.69) is 9.88 Å². The number of aromatic nitrogens is 1. The van der Waals surface area contributed by atoms with E-state index < -0.39 is 5.82 Å². The van der Waals surface area contributed by atoms with Crippen LogP contribution in [0.5, 0.6) is 5.75 Å². The molecule has 0 spiro atoms. The maximum absolute atomic E-state index is 13.5. The van der Waals surface area contributed by atoms with Gasteiger partial charge in [-0.1, -0.05) is 28.4 Å². The fourth-order valence-corrected chi connectivity index (χ4v) is 3.13. The van der Waals surface area contributed by atoms with Crippen LogP contribution in [0, 0.1) is 5.82 Å². The second kappa shape index (κ2) is 8.81. The van der Waals surface area contributed by atoms with E-state index in [9.17, 15) is 4.39 Å². The first-order valence-electron chi connectivity index (χ1n) is 7.61. The molecule has 2 aromatic carbocycles. The molecule has 0 aliphatic carbocycles. The predicted molar refractivity (Wildman–Crippen MR) is 103 cm³/mol. The van der Waals surface area contributed by atoms with Gasteiger partial charge in [0.15, 0.2) is 11.4 Å². The highest BCUT2D eigenvalue weighted by Gasteiger charge is 2.13. The van der Waals surface area contributed by atoms with Crippen LogP contribution >= 0.6 is 35.1 Å². The number of rotatable bonds is 8. The van der Waals surface area contributed by atoms with Crippen molar-refractivity contribution in [3.8, 4) is 5.75 Å². The fourth-order valence-electron chi connectivity index (χ4n) is 2.16. The van der Waals surface area contributed by atoms with Crippen LogP contribution in [0.15, 0.2) is 34.9 Å². The number of halogens is 3. The quantitative estimate of drug-likeness (QED) is 0.383. The molecule has 3 aromatic rings. The molecule has 9 heteroatoms. The third kappa shape index (κ3) is 4.54. The summed E-state index contributed by atoms with van der Waals surface area (Å²) >= 11 is 13.5. The van der Waals surface area contributed by atoms with E-state index in [0.717, 1.165) is 11.1 Å². The van der Waals surface area contributed by atoms with Gasteiger partial charge in [0.2, 0.25) is 0 Å². The van der Waals surface area contributed by atoms with Gasteiger partial charge >= 0.3 is 0 Å². The topological polar surface area (TPSA) is 56.5 Å². The minimum Gasteiger partial charge on any atom is -0.489 e. The van der Waals surface area contributed by atoms with Crippen molar-refractivity contribution in [2.24, 2.45) is 0 Å². The standard InChI is InChI=1S/C17H15Cl2FN2O3S/c1-23-4-5-26-22-17-12-8-14(19)10(6-16(12)25-21-17)9-24-11-2-3-13(18)15(20)7-11/h2-3,6-8H,4-5,9H2,1H3,(H,21,22). The Kier molecular flexibility index (Phi) is 6.48. The van der Waals surface area contributed by atoms with Crippen LogP contribution in [0.3, 0.4) is 0 Å². The van der Waals surface area contributed by atoms with Crippen molar-refractivity contribution in [3.05, 3.63) is 51.8 Å². The first kappa shape index (κ1) is 19.1. The maximum Gasteiger partial charge on any atom is 0.187 e. The lowest BCUT2D eigenvalue weighted by Crippen LogP contribution is -1.97. The zero-order valence-corrected chi connectivity index (χ0v) is 16.1. The molecule has 26 heavy (non-hydrogen) atoms. The van der Waals surface area contributed by atoms with Gasteiger partial charge in [-0.2, -0.15) is 0 Å². The first-order valence-corrected chi connectivity index (χ1v) is 9.35. The molecule has 0 unspecified atom stereocenters. The molecule has 0 aliphatic heterocycles. The molecule has 5 nitrogen and oxygen atoms in total. The van der Waals surface area contributed by atoms with Crippen LogP contribution in [-0.4, -0.2) is 24.6 Å². The minimum absolute atomic E-state index is 0.0434. The number of nitrogens with zero attached hydrogens (tertiary/aromatic N) is 1. The largest absolute Gasteiger partial charge is 0.489 e. The van der Waals surface area contributed by atoms with E-state index in [1.807, 2.05) is 0 Å². The van der Waals surface area contributed by atoms with E-state index >= 15 is 0 Å². The van der Waals surface area contributed by atoms with Gasteiger partial charge in [-0.05, 0) is 36.2 Å². The number of methoxy groups -OCH3 is 1. The molecule has 3 rings (SSSR count). The number of hydrogen-bond donors (Lipinski definition) is 1. The zero-order chi connectivity index (χ0) is 18.5. The van der Waals surface area contributed by atoms with Gasteiger partial charge in [-0.15, -0.1) is 0 Å². The Morgan fingerprint density at radius 2 is 2.08 bits per heavy atom. The number of nitrogens with one attached hydrogen (secondary N) is 1. The van der Waals surface area contributed by atoms with Gasteiger partial charge in [0.05, 0.1) is 17.0 Å². The average molecular weight is 417 g/mol. The number of ether oxygens (including phenoxy) is 2. The second-order valence-electron chi connectivity index (χ2n) is 5.28. The van der Waals surface area contributed by atoms with Crippen LogP contribution in [0.25, 0.3) is 11.0 Å². The summed E-state index contributed by atoms with van der Waals surface area (Å²) < 4.78 is 32.5. The van der Waals surface area contributed by atoms with Crippen LogP contribution in [0.4, 0.5) is 10.2 Å². The molecule has 1 N–H and O–H groups in total. The second-order valence-corrected chi connectivity index (χ2v) is 6.99. The highest BCUT2D eigenvalue weighted by molar-refractivity contribution is 8.00. The van der Waals surface area contributed by atoms with E-state index in [1.54, 1.807) is 25.3 Å².